The predicted octanol–water partition coefficient (Wildman–Crippen LogP) is 2.79. The van der Waals surface area contributed by atoms with Crippen molar-refractivity contribution in [2.45, 2.75) is 19.5 Å². The fraction of sp³-hybridized carbons (Fsp3) is 0.182. The first-order valence-electron chi connectivity index (χ1n) is 9.66. The Hall–Kier alpha value is -3.52. The van der Waals surface area contributed by atoms with Crippen molar-refractivity contribution in [3.8, 4) is 0 Å². The lowest BCUT2D eigenvalue weighted by Gasteiger charge is -2.08. The van der Waals surface area contributed by atoms with Gasteiger partial charge in [-0.1, -0.05) is 35.9 Å². The zero-order chi connectivity index (χ0) is 21.8. The molecule has 0 spiro atoms. The second-order valence-corrected chi connectivity index (χ2v) is 7.50. The first-order valence-corrected chi connectivity index (χ1v) is 10.0. The molecule has 31 heavy (non-hydrogen) atoms. The van der Waals surface area contributed by atoms with Crippen LogP contribution in [0.3, 0.4) is 0 Å². The molecule has 0 saturated carbocycles. The van der Waals surface area contributed by atoms with Crippen LogP contribution in [-0.4, -0.2) is 31.8 Å². The van der Waals surface area contributed by atoms with Crippen molar-refractivity contribution in [3.63, 3.8) is 0 Å². The van der Waals surface area contributed by atoms with Crippen molar-refractivity contribution in [3.05, 3.63) is 93.4 Å². The quantitative estimate of drug-likeness (QED) is 0.480. The van der Waals surface area contributed by atoms with E-state index in [1.54, 1.807) is 28.9 Å². The lowest BCUT2D eigenvalue weighted by Crippen LogP contribution is -2.29. The summed E-state index contributed by atoms with van der Waals surface area (Å²) in [6, 6.07) is 13.2. The van der Waals surface area contributed by atoms with Gasteiger partial charge in [-0.25, -0.2) is 14.1 Å². The topological polar surface area (TPSA) is 81.8 Å². The zero-order valence-electron chi connectivity index (χ0n) is 16.5. The molecule has 2 aromatic heterocycles. The highest BCUT2D eigenvalue weighted by Crippen LogP contribution is 2.10. The number of nitrogens with one attached hydrogen (secondary N) is 1. The summed E-state index contributed by atoms with van der Waals surface area (Å²) in [5.41, 5.74) is 1.71. The number of nitrogens with zero attached hydrogens (tertiary/aromatic N) is 4. The first kappa shape index (κ1) is 20.7. The molecule has 0 unspecified atom stereocenters. The second kappa shape index (κ2) is 9.09. The molecule has 1 N–H and O–H groups in total. The summed E-state index contributed by atoms with van der Waals surface area (Å²) in [5, 5.41) is 8.05. The lowest BCUT2D eigenvalue weighted by atomic mass is 10.1. The average Bonchev–Trinajstić information content (AvgIpc) is 3.16. The number of carbonyl (C=O) groups is 1. The van der Waals surface area contributed by atoms with E-state index in [0.717, 1.165) is 5.56 Å². The maximum Gasteiger partial charge on any atom is 0.264 e. The van der Waals surface area contributed by atoms with Gasteiger partial charge in [-0.15, -0.1) is 0 Å². The minimum atomic E-state index is -0.356. The van der Waals surface area contributed by atoms with Crippen molar-refractivity contribution < 1.29 is 9.18 Å². The van der Waals surface area contributed by atoms with E-state index in [2.05, 4.69) is 15.4 Å². The number of benzene rings is 2. The van der Waals surface area contributed by atoms with Gasteiger partial charge in [-0.3, -0.25) is 14.2 Å². The Morgan fingerprint density at radius 3 is 2.71 bits per heavy atom. The Labute approximate surface area is 182 Å². The Kier molecular flexibility index (Phi) is 6.08. The molecule has 0 aliphatic heterocycles. The van der Waals surface area contributed by atoms with Crippen molar-refractivity contribution in [1.82, 2.24) is 24.6 Å². The van der Waals surface area contributed by atoms with Crippen LogP contribution in [0.25, 0.3) is 11.0 Å². The summed E-state index contributed by atoms with van der Waals surface area (Å²) in [6.07, 6.45) is 3.13. The molecule has 2 heterocycles. The molecule has 0 radical (unpaired) electrons. The van der Waals surface area contributed by atoms with E-state index in [4.69, 9.17) is 11.6 Å². The van der Waals surface area contributed by atoms with Crippen LogP contribution in [0.4, 0.5) is 4.39 Å². The summed E-state index contributed by atoms with van der Waals surface area (Å²) in [4.78, 5) is 29.2. The Bertz CT molecular complexity index is 1280. The highest BCUT2D eigenvalue weighted by Gasteiger charge is 2.11. The van der Waals surface area contributed by atoms with Gasteiger partial charge in [0.15, 0.2) is 5.65 Å². The summed E-state index contributed by atoms with van der Waals surface area (Å²) in [5.74, 6) is -0.477. The Balaban J connectivity index is 1.40. The van der Waals surface area contributed by atoms with Gasteiger partial charge in [0.25, 0.3) is 5.56 Å². The summed E-state index contributed by atoms with van der Waals surface area (Å²) in [7, 11) is 0. The van der Waals surface area contributed by atoms with Gasteiger partial charge in [-0.2, -0.15) is 5.10 Å². The van der Waals surface area contributed by atoms with Crippen molar-refractivity contribution >= 4 is 28.5 Å². The molecular formula is C22H19ClFN5O2. The molecule has 1 amide bonds. The first-order chi connectivity index (χ1) is 15.0. The number of fused-ring (bicyclic) bond motifs is 1. The number of hydrogen-bond acceptors (Lipinski definition) is 4. The van der Waals surface area contributed by atoms with Crippen LogP contribution in [0.5, 0.6) is 0 Å². The van der Waals surface area contributed by atoms with Gasteiger partial charge >= 0.3 is 0 Å². The van der Waals surface area contributed by atoms with Crippen LogP contribution < -0.4 is 10.9 Å². The molecule has 4 rings (SSSR count). The average molecular weight is 440 g/mol. The summed E-state index contributed by atoms with van der Waals surface area (Å²) < 4.78 is 16.4. The minimum absolute atomic E-state index is 0.121. The van der Waals surface area contributed by atoms with E-state index >= 15 is 0 Å². The number of carbonyl (C=O) groups excluding carboxylic acids is 1. The monoisotopic (exact) mass is 439 g/mol. The molecule has 0 aliphatic carbocycles. The Morgan fingerprint density at radius 2 is 1.94 bits per heavy atom. The lowest BCUT2D eigenvalue weighted by molar-refractivity contribution is -0.120. The van der Waals surface area contributed by atoms with Gasteiger partial charge in [0.05, 0.1) is 25.7 Å². The summed E-state index contributed by atoms with van der Waals surface area (Å²) in [6.45, 7) is 0.930. The molecule has 2 aromatic carbocycles. The molecule has 4 aromatic rings. The van der Waals surface area contributed by atoms with Crippen LogP contribution in [0.2, 0.25) is 5.02 Å². The normalized spacial score (nSPS) is 11.0. The molecule has 0 saturated heterocycles. The standard InChI is InChI=1S/C22H19ClFN5O2/c23-17-6-4-15(5-7-17)11-20(30)25-8-9-29-21-19(12-27-29)22(31)28(14-26-21)13-16-2-1-3-18(24)10-16/h1-7,10,12,14H,8-9,11,13H2,(H,25,30). The van der Waals surface area contributed by atoms with E-state index in [0.29, 0.717) is 34.7 Å². The third-order valence-corrected chi connectivity index (χ3v) is 5.04. The van der Waals surface area contributed by atoms with Crippen molar-refractivity contribution in [2.24, 2.45) is 0 Å². The molecule has 158 valence electrons. The number of aromatic nitrogens is 4. The second-order valence-electron chi connectivity index (χ2n) is 7.07. The van der Waals surface area contributed by atoms with E-state index in [9.17, 15) is 14.0 Å². The van der Waals surface area contributed by atoms with E-state index in [1.807, 2.05) is 12.1 Å². The van der Waals surface area contributed by atoms with E-state index < -0.39 is 0 Å². The molecule has 9 heteroatoms. The van der Waals surface area contributed by atoms with Crippen molar-refractivity contribution in [1.29, 1.82) is 0 Å². The van der Waals surface area contributed by atoms with E-state index in [1.165, 1.54) is 29.2 Å². The SMILES string of the molecule is O=C(Cc1ccc(Cl)cc1)NCCn1ncc2c(=O)n(Cc3cccc(F)c3)cnc21. The smallest absolute Gasteiger partial charge is 0.264 e. The van der Waals surface area contributed by atoms with E-state index in [-0.39, 0.29) is 30.2 Å². The molecule has 0 fully saturated rings. The van der Waals surface area contributed by atoms with Gasteiger partial charge in [0.1, 0.15) is 17.5 Å². The maximum atomic E-state index is 13.4. The van der Waals surface area contributed by atoms with Crippen molar-refractivity contribution in [2.75, 3.05) is 6.54 Å². The van der Waals surface area contributed by atoms with Crippen LogP contribution in [0.15, 0.2) is 65.8 Å². The molecule has 0 aliphatic rings. The highest BCUT2D eigenvalue weighted by molar-refractivity contribution is 6.30. The van der Waals surface area contributed by atoms with Gasteiger partial charge in [-0.05, 0) is 35.4 Å². The Morgan fingerprint density at radius 1 is 1.13 bits per heavy atom. The van der Waals surface area contributed by atoms with Crippen LogP contribution in [-0.2, 0) is 24.3 Å². The predicted molar refractivity (Wildman–Crippen MR) is 115 cm³/mol. The third kappa shape index (κ3) is 4.97. The maximum absolute atomic E-state index is 13.4. The van der Waals surface area contributed by atoms with Gasteiger partial charge in [0, 0.05) is 11.6 Å². The van der Waals surface area contributed by atoms with Crippen LogP contribution in [0.1, 0.15) is 11.1 Å². The zero-order valence-corrected chi connectivity index (χ0v) is 17.2. The molecule has 0 atom stereocenters. The summed E-state index contributed by atoms with van der Waals surface area (Å²) >= 11 is 5.85. The number of halogens is 2. The fourth-order valence-corrected chi connectivity index (χ4v) is 3.38. The fourth-order valence-electron chi connectivity index (χ4n) is 3.26. The van der Waals surface area contributed by atoms with Gasteiger partial charge < -0.3 is 5.32 Å². The number of rotatable bonds is 7. The van der Waals surface area contributed by atoms with Gasteiger partial charge in [0.2, 0.25) is 5.91 Å². The highest BCUT2D eigenvalue weighted by atomic mass is 35.5. The molecular weight excluding hydrogens is 421 g/mol. The van der Waals surface area contributed by atoms with Crippen LogP contribution in [0, 0.1) is 5.82 Å². The number of amides is 1. The third-order valence-electron chi connectivity index (χ3n) is 4.79. The number of hydrogen-bond donors (Lipinski definition) is 1. The molecule has 7 nitrogen and oxygen atoms in total. The largest absolute Gasteiger partial charge is 0.354 e. The molecule has 0 bridgehead atoms. The van der Waals surface area contributed by atoms with Crippen LogP contribution >= 0.6 is 11.6 Å². The minimum Gasteiger partial charge on any atom is -0.354 e.